The molecule has 0 unspecified atom stereocenters. The minimum absolute atomic E-state index is 0.367. The molecule has 18 heavy (non-hydrogen) atoms. The van der Waals surface area contributed by atoms with Gasteiger partial charge < -0.3 is 5.73 Å². The molecular weight excluding hydrogens is 308 g/mol. The molecule has 0 radical (unpaired) electrons. The maximum atomic E-state index is 5.97. The second kappa shape index (κ2) is 5.10. The van der Waals surface area contributed by atoms with Crippen molar-refractivity contribution >= 4 is 32.9 Å². The SMILES string of the molecule is NC1=NC2=C(CCCC2)[C@@H](c2ccc(Br)cc2)S1. The third kappa shape index (κ3) is 2.36. The molecule has 0 bridgehead atoms. The molecule has 2 nitrogen and oxygen atoms in total. The second-order valence-corrected chi connectivity index (χ2v) is 6.72. The molecule has 1 aromatic rings. The fraction of sp³-hybridized carbons (Fsp3) is 0.357. The second-order valence-electron chi connectivity index (χ2n) is 4.68. The summed E-state index contributed by atoms with van der Waals surface area (Å²) in [5.74, 6) is 0. The summed E-state index contributed by atoms with van der Waals surface area (Å²) in [5, 5.41) is 1.08. The lowest BCUT2D eigenvalue weighted by atomic mass is 9.91. The maximum absolute atomic E-state index is 5.97. The highest BCUT2D eigenvalue weighted by atomic mass is 79.9. The Kier molecular flexibility index (Phi) is 3.48. The van der Waals surface area contributed by atoms with Gasteiger partial charge in [0, 0.05) is 10.2 Å². The smallest absolute Gasteiger partial charge is 0.159 e. The quantitative estimate of drug-likeness (QED) is 0.833. The van der Waals surface area contributed by atoms with E-state index in [0.29, 0.717) is 10.4 Å². The lowest BCUT2D eigenvalue weighted by Crippen LogP contribution is -2.18. The van der Waals surface area contributed by atoms with Gasteiger partial charge in [-0.3, -0.25) is 0 Å². The lowest BCUT2D eigenvalue weighted by Gasteiger charge is -2.29. The van der Waals surface area contributed by atoms with Gasteiger partial charge >= 0.3 is 0 Å². The van der Waals surface area contributed by atoms with Gasteiger partial charge in [0.05, 0.1) is 5.25 Å². The van der Waals surface area contributed by atoms with Crippen LogP contribution in [0.5, 0.6) is 0 Å². The predicted molar refractivity (Wildman–Crippen MR) is 81.6 cm³/mol. The molecule has 3 rings (SSSR count). The summed E-state index contributed by atoms with van der Waals surface area (Å²) in [6.45, 7) is 0. The number of amidine groups is 1. The Balaban J connectivity index is 1.99. The predicted octanol–water partition coefficient (Wildman–Crippen LogP) is 4.38. The van der Waals surface area contributed by atoms with Crippen LogP contribution in [0.4, 0.5) is 0 Å². The summed E-state index contributed by atoms with van der Waals surface area (Å²) in [4.78, 5) is 4.53. The van der Waals surface area contributed by atoms with E-state index < -0.39 is 0 Å². The molecule has 0 fully saturated rings. The number of hydrogen-bond donors (Lipinski definition) is 1. The van der Waals surface area contributed by atoms with Crippen molar-refractivity contribution in [2.75, 3.05) is 0 Å². The summed E-state index contributed by atoms with van der Waals surface area (Å²) in [7, 11) is 0. The van der Waals surface area contributed by atoms with Crippen LogP contribution in [0.15, 0.2) is 45.0 Å². The minimum Gasteiger partial charge on any atom is -0.378 e. The number of benzene rings is 1. The highest BCUT2D eigenvalue weighted by Crippen LogP contribution is 2.46. The Hall–Kier alpha value is -0.740. The van der Waals surface area contributed by atoms with Crippen LogP contribution in [0.25, 0.3) is 0 Å². The number of nitrogens with zero attached hydrogens (tertiary/aromatic N) is 1. The highest BCUT2D eigenvalue weighted by molar-refractivity contribution is 9.10. The molecule has 1 aliphatic heterocycles. The maximum Gasteiger partial charge on any atom is 0.159 e. The first-order valence-electron chi connectivity index (χ1n) is 6.22. The summed E-state index contributed by atoms with van der Waals surface area (Å²) in [6.07, 6.45) is 4.78. The van der Waals surface area contributed by atoms with Crippen molar-refractivity contribution in [2.45, 2.75) is 30.9 Å². The number of aliphatic imine (C=N–C) groups is 1. The van der Waals surface area contributed by atoms with Gasteiger partial charge in [0.2, 0.25) is 0 Å². The first-order chi connectivity index (χ1) is 8.74. The Morgan fingerprint density at radius 1 is 1.17 bits per heavy atom. The number of halogens is 1. The molecule has 94 valence electrons. The zero-order valence-corrected chi connectivity index (χ0v) is 12.4. The van der Waals surface area contributed by atoms with Crippen LogP contribution < -0.4 is 5.73 Å². The monoisotopic (exact) mass is 322 g/mol. The van der Waals surface area contributed by atoms with Gasteiger partial charge in [0.15, 0.2) is 5.17 Å². The Labute approximate surface area is 120 Å². The molecule has 1 atom stereocenters. The van der Waals surface area contributed by atoms with E-state index in [1.54, 1.807) is 11.8 Å². The van der Waals surface area contributed by atoms with Gasteiger partial charge in [0.25, 0.3) is 0 Å². The van der Waals surface area contributed by atoms with E-state index in [9.17, 15) is 0 Å². The molecule has 2 N–H and O–H groups in total. The van der Waals surface area contributed by atoms with Crippen molar-refractivity contribution in [1.29, 1.82) is 0 Å². The molecule has 1 heterocycles. The molecule has 1 aliphatic carbocycles. The molecule has 2 aliphatic rings. The van der Waals surface area contributed by atoms with Crippen molar-refractivity contribution in [2.24, 2.45) is 10.7 Å². The summed E-state index contributed by atoms with van der Waals surface area (Å²) in [6, 6.07) is 8.56. The molecule has 4 heteroatoms. The fourth-order valence-corrected chi connectivity index (χ4v) is 3.94. The number of hydrogen-bond acceptors (Lipinski definition) is 3. The molecule has 0 saturated heterocycles. The standard InChI is InChI=1S/C14H15BrN2S/c15-10-7-5-9(6-8-10)13-11-3-1-2-4-12(11)17-14(16)18-13/h5-8,13H,1-4H2,(H2,16,17)/t13-/m1/s1. The summed E-state index contributed by atoms with van der Waals surface area (Å²) < 4.78 is 1.12. The summed E-state index contributed by atoms with van der Waals surface area (Å²) >= 11 is 5.17. The van der Waals surface area contributed by atoms with E-state index in [2.05, 4.69) is 45.2 Å². The minimum atomic E-state index is 0.367. The van der Waals surface area contributed by atoms with Gasteiger partial charge in [-0.15, -0.1) is 0 Å². The first kappa shape index (κ1) is 12.3. The van der Waals surface area contributed by atoms with Crippen molar-refractivity contribution in [1.82, 2.24) is 0 Å². The van der Waals surface area contributed by atoms with Crippen LogP contribution in [-0.4, -0.2) is 5.17 Å². The topological polar surface area (TPSA) is 38.4 Å². The molecule has 0 amide bonds. The average molecular weight is 323 g/mol. The number of nitrogens with two attached hydrogens (primary N) is 1. The van der Waals surface area contributed by atoms with Gasteiger partial charge in [0.1, 0.15) is 0 Å². The van der Waals surface area contributed by atoms with Crippen molar-refractivity contribution in [3.63, 3.8) is 0 Å². The van der Waals surface area contributed by atoms with Gasteiger partial charge in [-0.2, -0.15) is 0 Å². The largest absolute Gasteiger partial charge is 0.378 e. The van der Waals surface area contributed by atoms with E-state index in [1.165, 1.54) is 36.1 Å². The normalized spacial score (nSPS) is 23.6. The zero-order valence-electron chi connectivity index (χ0n) is 10.0. The number of rotatable bonds is 1. The van der Waals surface area contributed by atoms with Crippen molar-refractivity contribution in [3.8, 4) is 0 Å². The third-order valence-electron chi connectivity index (χ3n) is 3.45. The molecule has 0 saturated carbocycles. The van der Waals surface area contributed by atoms with E-state index in [-0.39, 0.29) is 0 Å². The van der Waals surface area contributed by atoms with E-state index in [4.69, 9.17) is 5.73 Å². The zero-order chi connectivity index (χ0) is 12.5. The van der Waals surface area contributed by atoms with Crippen molar-refractivity contribution in [3.05, 3.63) is 45.6 Å². The van der Waals surface area contributed by atoms with Crippen LogP contribution >= 0.6 is 27.7 Å². The van der Waals surface area contributed by atoms with Crippen LogP contribution in [-0.2, 0) is 0 Å². The van der Waals surface area contributed by atoms with Gasteiger partial charge in [-0.05, 0) is 49.0 Å². The highest BCUT2D eigenvalue weighted by Gasteiger charge is 2.27. The van der Waals surface area contributed by atoms with E-state index >= 15 is 0 Å². The average Bonchev–Trinajstić information content (AvgIpc) is 2.38. The fourth-order valence-electron chi connectivity index (χ4n) is 2.58. The summed E-state index contributed by atoms with van der Waals surface area (Å²) in [5.41, 5.74) is 10.0. The van der Waals surface area contributed by atoms with Crippen LogP contribution in [0.2, 0.25) is 0 Å². The van der Waals surface area contributed by atoms with Gasteiger partial charge in [-0.25, -0.2) is 4.99 Å². The number of allylic oxidation sites excluding steroid dienone is 1. The lowest BCUT2D eigenvalue weighted by molar-refractivity contribution is 0.650. The molecule has 1 aromatic carbocycles. The number of thioether (sulfide) groups is 1. The van der Waals surface area contributed by atoms with Crippen molar-refractivity contribution < 1.29 is 0 Å². The Bertz CT molecular complexity index is 519. The van der Waals surface area contributed by atoms with Crippen LogP contribution in [0.1, 0.15) is 36.5 Å². The van der Waals surface area contributed by atoms with Crippen LogP contribution in [0, 0.1) is 0 Å². The Morgan fingerprint density at radius 2 is 1.89 bits per heavy atom. The van der Waals surface area contributed by atoms with Gasteiger partial charge in [-0.1, -0.05) is 39.8 Å². The molecule has 0 aromatic heterocycles. The first-order valence-corrected chi connectivity index (χ1v) is 7.89. The Morgan fingerprint density at radius 3 is 2.67 bits per heavy atom. The molecule has 0 spiro atoms. The molecular formula is C14H15BrN2S. The van der Waals surface area contributed by atoms with E-state index in [1.807, 2.05) is 0 Å². The van der Waals surface area contributed by atoms with Crippen LogP contribution in [0.3, 0.4) is 0 Å². The third-order valence-corrected chi connectivity index (χ3v) is 5.11. The van der Waals surface area contributed by atoms with E-state index in [0.717, 1.165) is 10.9 Å².